The Balaban J connectivity index is 2.02. The number of ether oxygens (including phenoxy) is 1. The molecule has 12 heavy (non-hydrogen) atoms. The zero-order valence-corrected chi connectivity index (χ0v) is 7.75. The first kappa shape index (κ1) is 8.52. The van der Waals surface area contributed by atoms with Gasteiger partial charge in [0.2, 0.25) is 0 Å². The van der Waals surface area contributed by atoms with Gasteiger partial charge in [-0.3, -0.25) is 0 Å². The van der Waals surface area contributed by atoms with Crippen LogP contribution in [0.15, 0.2) is 0 Å². The number of aliphatic hydroxyl groups is 1. The first-order chi connectivity index (χ1) is 5.68. The van der Waals surface area contributed by atoms with Crippen molar-refractivity contribution in [3.63, 3.8) is 0 Å². The lowest BCUT2D eigenvalue weighted by atomic mass is 9.95. The summed E-state index contributed by atoms with van der Waals surface area (Å²) in [6.07, 6.45) is 6.68. The maximum Gasteiger partial charge on any atom is 0.0660 e. The molecule has 0 saturated carbocycles. The highest BCUT2D eigenvalue weighted by Gasteiger charge is 2.37. The van der Waals surface area contributed by atoms with Crippen LogP contribution in [0.3, 0.4) is 0 Å². The van der Waals surface area contributed by atoms with E-state index in [1.165, 1.54) is 12.8 Å². The zero-order chi connectivity index (χ0) is 8.60. The monoisotopic (exact) mass is 170 g/mol. The molecule has 2 nitrogen and oxygen atoms in total. The molecule has 0 aromatic carbocycles. The fourth-order valence-electron chi connectivity index (χ4n) is 2.37. The molecule has 2 heteroatoms. The minimum Gasteiger partial charge on any atom is -0.393 e. The SMILES string of the molecule is CC12CCC(O)CCC(CC1)O2. The van der Waals surface area contributed by atoms with Crippen LogP contribution in [0.5, 0.6) is 0 Å². The molecule has 70 valence electrons. The highest BCUT2D eigenvalue weighted by Crippen LogP contribution is 2.38. The summed E-state index contributed by atoms with van der Waals surface area (Å²) in [6, 6.07) is 0. The van der Waals surface area contributed by atoms with Crippen molar-refractivity contribution < 1.29 is 9.84 Å². The third kappa shape index (κ3) is 1.64. The smallest absolute Gasteiger partial charge is 0.0660 e. The van der Waals surface area contributed by atoms with Gasteiger partial charge in [-0.15, -0.1) is 0 Å². The second kappa shape index (κ2) is 3.00. The second-order valence-corrected chi connectivity index (χ2v) is 4.50. The third-order valence-electron chi connectivity index (χ3n) is 3.27. The van der Waals surface area contributed by atoms with Crippen molar-refractivity contribution in [3.8, 4) is 0 Å². The van der Waals surface area contributed by atoms with Gasteiger partial charge in [0.05, 0.1) is 17.8 Å². The van der Waals surface area contributed by atoms with Crippen molar-refractivity contribution in [2.45, 2.75) is 63.3 Å². The molecular weight excluding hydrogens is 152 g/mol. The topological polar surface area (TPSA) is 29.5 Å². The molecule has 1 N–H and O–H groups in total. The molecule has 3 atom stereocenters. The summed E-state index contributed by atoms with van der Waals surface area (Å²) < 4.78 is 5.93. The molecule has 2 saturated heterocycles. The van der Waals surface area contributed by atoms with Gasteiger partial charge in [0.15, 0.2) is 0 Å². The van der Waals surface area contributed by atoms with Gasteiger partial charge in [0, 0.05) is 0 Å². The van der Waals surface area contributed by atoms with Crippen molar-refractivity contribution >= 4 is 0 Å². The normalized spacial score (nSPS) is 48.5. The Kier molecular flexibility index (Phi) is 2.13. The molecule has 0 aliphatic carbocycles. The summed E-state index contributed by atoms with van der Waals surface area (Å²) in [5.41, 5.74) is 0.0894. The molecule has 2 aliphatic rings. The van der Waals surface area contributed by atoms with Crippen LogP contribution < -0.4 is 0 Å². The lowest BCUT2D eigenvalue weighted by Gasteiger charge is -2.28. The van der Waals surface area contributed by atoms with Gasteiger partial charge in [-0.05, 0) is 45.4 Å². The average molecular weight is 170 g/mol. The van der Waals surface area contributed by atoms with Crippen molar-refractivity contribution in [1.29, 1.82) is 0 Å². The largest absolute Gasteiger partial charge is 0.393 e. The van der Waals surface area contributed by atoms with E-state index in [4.69, 9.17) is 4.74 Å². The lowest BCUT2D eigenvalue weighted by molar-refractivity contribution is -0.0602. The second-order valence-electron chi connectivity index (χ2n) is 4.50. The van der Waals surface area contributed by atoms with Gasteiger partial charge in [-0.25, -0.2) is 0 Å². The van der Waals surface area contributed by atoms with E-state index in [1.807, 2.05) is 0 Å². The van der Waals surface area contributed by atoms with Gasteiger partial charge >= 0.3 is 0 Å². The predicted molar refractivity (Wildman–Crippen MR) is 47.0 cm³/mol. The molecule has 2 heterocycles. The first-order valence-corrected chi connectivity index (χ1v) is 5.04. The molecule has 0 amide bonds. The molecule has 0 aromatic heterocycles. The lowest BCUT2D eigenvalue weighted by Crippen LogP contribution is -2.29. The fourth-order valence-corrected chi connectivity index (χ4v) is 2.37. The van der Waals surface area contributed by atoms with Gasteiger partial charge < -0.3 is 9.84 Å². The van der Waals surface area contributed by atoms with Gasteiger partial charge in [-0.1, -0.05) is 0 Å². The molecule has 0 spiro atoms. The van der Waals surface area contributed by atoms with E-state index in [2.05, 4.69) is 6.92 Å². The zero-order valence-electron chi connectivity index (χ0n) is 7.75. The Labute approximate surface area is 73.9 Å². The third-order valence-corrected chi connectivity index (χ3v) is 3.27. The van der Waals surface area contributed by atoms with Crippen LogP contribution >= 0.6 is 0 Å². The quantitative estimate of drug-likeness (QED) is 0.601. The van der Waals surface area contributed by atoms with Crippen molar-refractivity contribution in [2.75, 3.05) is 0 Å². The number of hydrogen-bond donors (Lipinski definition) is 1. The molecule has 2 rings (SSSR count). The van der Waals surface area contributed by atoms with E-state index in [9.17, 15) is 5.11 Å². The Morgan fingerprint density at radius 1 is 1.17 bits per heavy atom. The summed E-state index contributed by atoms with van der Waals surface area (Å²) >= 11 is 0. The van der Waals surface area contributed by atoms with E-state index < -0.39 is 0 Å². The maximum absolute atomic E-state index is 9.54. The number of fused-ring (bicyclic) bond motifs is 2. The Morgan fingerprint density at radius 3 is 2.75 bits per heavy atom. The molecule has 2 aliphatic heterocycles. The van der Waals surface area contributed by atoms with Crippen LogP contribution in [0.2, 0.25) is 0 Å². The minimum atomic E-state index is -0.0752. The van der Waals surface area contributed by atoms with Crippen LogP contribution in [-0.2, 0) is 4.74 Å². The van der Waals surface area contributed by atoms with E-state index >= 15 is 0 Å². The molecular formula is C10H18O2. The maximum atomic E-state index is 9.54. The number of hydrogen-bond acceptors (Lipinski definition) is 2. The standard InChI is InChI=1S/C10H18O2/c1-10-6-4-8(11)2-3-9(12-10)5-7-10/h8-9,11H,2-7H2,1H3. The van der Waals surface area contributed by atoms with Crippen LogP contribution in [0.25, 0.3) is 0 Å². The fraction of sp³-hybridized carbons (Fsp3) is 1.00. The highest BCUT2D eigenvalue weighted by molar-refractivity contribution is 4.88. The number of rotatable bonds is 0. The predicted octanol–water partition coefficient (Wildman–Crippen LogP) is 1.86. The van der Waals surface area contributed by atoms with Crippen molar-refractivity contribution in [2.24, 2.45) is 0 Å². The van der Waals surface area contributed by atoms with Gasteiger partial charge in [-0.2, -0.15) is 0 Å². The van der Waals surface area contributed by atoms with E-state index in [0.717, 1.165) is 25.7 Å². The summed E-state index contributed by atoms with van der Waals surface area (Å²) in [7, 11) is 0. The summed E-state index contributed by atoms with van der Waals surface area (Å²) in [5, 5.41) is 9.54. The summed E-state index contributed by atoms with van der Waals surface area (Å²) in [4.78, 5) is 0. The molecule has 0 aromatic rings. The molecule has 2 fully saturated rings. The van der Waals surface area contributed by atoms with E-state index in [1.54, 1.807) is 0 Å². The Morgan fingerprint density at radius 2 is 1.92 bits per heavy atom. The Bertz CT molecular complexity index is 169. The summed E-state index contributed by atoms with van der Waals surface area (Å²) in [6.45, 7) is 2.19. The van der Waals surface area contributed by atoms with E-state index in [0.29, 0.717) is 6.10 Å². The Hall–Kier alpha value is -0.0800. The highest BCUT2D eigenvalue weighted by atomic mass is 16.5. The molecule has 3 unspecified atom stereocenters. The van der Waals surface area contributed by atoms with Crippen LogP contribution in [0.4, 0.5) is 0 Å². The van der Waals surface area contributed by atoms with Crippen LogP contribution in [0.1, 0.15) is 45.4 Å². The molecule has 2 bridgehead atoms. The molecule has 0 radical (unpaired) electrons. The van der Waals surface area contributed by atoms with Crippen LogP contribution in [0, 0.1) is 0 Å². The summed E-state index contributed by atoms with van der Waals surface area (Å²) in [5.74, 6) is 0. The number of aliphatic hydroxyl groups excluding tert-OH is 1. The first-order valence-electron chi connectivity index (χ1n) is 5.04. The van der Waals surface area contributed by atoms with Crippen molar-refractivity contribution in [1.82, 2.24) is 0 Å². The average Bonchev–Trinajstić information content (AvgIpc) is 2.41. The van der Waals surface area contributed by atoms with Crippen molar-refractivity contribution in [3.05, 3.63) is 0 Å². The van der Waals surface area contributed by atoms with E-state index in [-0.39, 0.29) is 11.7 Å². The minimum absolute atomic E-state index is 0.0752. The van der Waals surface area contributed by atoms with Crippen LogP contribution in [-0.4, -0.2) is 22.9 Å². The van der Waals surface area contributed by atoms with Gasteiger partial charge in [0.25, 0.3) is 0 Å². The van der Waals surface area contributed by atoms with Gasteiger partial charge in [0.1, 0.15) is 0 Å².